The van der Waals surface area contributed by atoms with E-state index in [0.717, 1.165) is 10.7 Å². The van der Waals surface area contributed by atoms with Crippen molar-refractivity contribution < 1.29 is 14.7 Å². The van der Waals surface area contributed by atoms with Crippen molar-refractivity contribution in [2.45, 2.75) is 20.0 Å². The van der Waals surface area contributed by atoms with E-state index in [2.05, 4.69) is 9.97 Å². The van der Waals surface area contributed by atoms with Crippen molar-refractivity contribution in [2.24, 2.45) is 0 Å². The van der Waals surface area contributed by atoms with Crippen LogP contribution in [0.15, 0.2) is 24.4 Å². The standard InChI is InChI=1S/C17H20N4O3S/c1-11-14(25-15(19-11)13-5-3-4-6-18-13)17(24)21-9-7-20(8-10-21)16(23)12(2)22/h3-6,12,22H,7-10H2,1-2H3/t12-/m1/s1. The molecule has 1 fully saturated rings. The van der Waals surface area contributed by atoms with Crippen LogP contribution in [0.1, 0.15) is 22.3 Å². The van der Waals surface area contributed by atoms with E-state index in [-0.39, 0.29) is 11.8 Å². The van der Waals surface area contributed by atoms with Gasteiger partial charge in [0.25, 0.3) is 11.8 Å². The average molecular weight is 360 g/mol. The van der Waals surface area contributed by atoms with Crippen LogP contribution in [0.2, 0.25) is 0 Å². The third kappa shape index (κ3) is 3.69. The molecule has 1 N–H and O–H groups in total. The summed E-state index contributed by atoms with van der Waals surface area (Å²) in [5.74, 6) is -0.361. The highest BCUT2D eigenvalue weighted by atomic mass is 32.1. The first kappa shape index (κ1) is 17.5. The molecule has 3 heterocycles. The van der Waals surface area contributed by atoms with E-state index in [0.29, 0.717) is 36.8 Å². The topological polar surface area (TPSA) is 86.6 Å². The van der Waals surface area contributed by atoms with Crippen LogP contribution in [0.3, 0.4) is 0 Å². The molecule has 1 aliphatic heterocycles. The molecule has 2 amide bonds. The van der Waals surface area contributed by atoms with Crippen LogP contribution in [0.25, 0.3) is 10.7 Å². The quantitative estimate of drug-likeness (QED) is 0.888. The minimum Gasteiger partial charge on any atom is -0.384 e. The summed E-state index contributed by atoms with van der Waals surface area (Å²) in [4.78, 5) is 37.3. The molecule has 132 valence electrons. The smallest absolute Gasteiger partial charge is 0.265 e. The SMILES string of the molecule is Cc1nc(-c2ccccn2)sc1C(=O)N1CCN(C(=O)[C@@H](C)O)CC1. The van der Waals surface area contributed by atoms with Gasteiger partial charge in [0.1, 0.15) is 16.0 Å². The van der Waals surface area contributed by atoms with Gasteiger partial charge in [0.15, 0.2) is 0 Å². The maximum atomic E-state index is 12.8. The Morgan fingerprint density at radius 3 is 2.48 bits per heavy atom. The van der Waals surface area contributed by atoms with Crippen molar-refractivity contribution >= 4 is 23.2 Å². The van der Waals surface area contributed by atoms with Crippen LogP contribution >= 0.6 is 11.3 Å². The lowest BCUT2D eigenvalue weighted by Crippen LogP contribution is -2.52. The van der Waals surface area contributed by atoms with E-state index >= 15 is 0 Å². The maximum absolute atomic E-state index is 12.8. The predicted molar refractivity (Wildman–Crippen MR) is 94.2 cm³/mol. The molecule has 2 aromatic rings. The van der Waals surface area contributed by atoms with Crippen LogP contribution in [0.4, 0.5) is 0 Å². The number of carbonyl (C=O) groups excluding carboxylic acids is 2. The Hall–Kier alpha value is -2.32. The fourth-order valence-corrected chi connectivity index (χ4v) is 3.74. The molecule has 7 nitrogen and oxygen atoms in total. The molecule has 1 aliphatic rings. The van der Waals surface area contributed by atoms with Crippen LogP contribution in [-0.2, 0) is 4.79 Å². The van der Waals surface area contributed by atoms with Gasteiger partial charge in [-0.05, 0) is 26.0 Å². The second-order valence-electron chi connectivity index (χ2n) is 5.94. The van der Waals surface area contributed by atoms with Crippen molar-refractivity contribution in [3.8, 4) is 10.7 Å². The van der Waals surface area contributed by atoms with Crippen molar-refractivity contribution in [1.29, 1.82) is 0 Å². The molecule has 8 heteroatoms. The monoisotopic (exact) mass is 360 g/mol. The first-order valence-corrected chi connectivity index (χ1v) is 8.94. The third-order valence-electron chi connectivity index (χ3n) is 4.11. The van der Waals surface area contributed by atoms with E-state index in [1.807, 2.05) is 25.1 Å². The number of rotatable bonds is 3. The molecule has 1 saturated heterocycles. The first-order valence-electron chi connectivity index (χ1n) is 8.12. The van der Waals surface area contributed by atoms with Gasteiger partial charge in [0, 0.05) is 32.4 Å². The minimum absolute atomic E-state index is 0.0682. The fourth-order valence-electron chi connectivity index (χ4n) is 2.73. The number of piperazine rings is 1. The molecule has 25 heavy (non-hydrogen) atoms. The number of carbonyl (C=O) groups is 2. The van der Waals surface area contributed by atoms with Gasteiger partial charge in [0.2, 0.25) is 0 Å². The fraction of sp³-hybridized carbons (Fsp3) is 0.412. The molecule has 2 aromatic heterocycles. The molecular weight excluding hydrogens is 340 g/mol. The number of aromatic nitrogens is 2. The van der Waals surface area contributed by atoms with Gasteiger partial charge < -0.3 is 14.9 Å². The number of nitrogens with zero attached hydrogens (tertiary/aromatic N) is 4. The van der Waals surface area contributed by atoms with Crippen LogP contribution in [-0.4, -0.2) is 69.0 Å². The van der Waals surface area contributed by atoms with Gasteiger partial charge in [-0.2, -0.15) is 0 Å². The number of aryl methyl sites for hydroxylation is 1. The summed E-state index contributed by atoms with van der Waals surface area (Å²) in [6.07, 6.45) is 0.693. The lowest BCUT2D eigenvalue weighted by Gasteiger charge is -2.35. The second kappa shape index (κ2) is 7.28. The van der Waals surface area contributed by atoms with Gasteiger partial charge in [-0.25, -0.2) is 4.98 Å². The highest BCUT2D eigenvalue weighted by Crippen LogP contribution is 2.27. The summed E-state index contributed by atoms with van der Waals surface area (Å²) in [6, 6.07) is 5.59. The Balaban J connectivity index is 1.70. The van der Waals surface area contributed by atoms with Crippen LogP contribution in [0, 0.1) is 6.92 Å². The summed E-state index contributed by atoms with van der Waals surface area (Å²) in [5, 5.41) is 10.1. The zero-order valence-electron chi connectivity index (χ0n) is 14.2. The third-order valence-corrected chi connectivity index (χ3v) is 5.28. The van der Waals surface area contributed by atoms with E-state index in [4.69, 9.17) is 0 Å². The van der Waals surface area contributed by atoms with Crippen LogP contribution < -0.4 is 0 Å². The van der Waals surface area contributed by atoms with Gasteiger partial charge in [-0.15, -0.1) is 11.3 Å². The number of hydrogen-bond donors (Lipinski definition) is 1. The Bertz CT molecular complexity index is 767. The Morgan fingerprint density at radius 1 is 1.20 bits per heavy atom. The summed E-state index contributed by atoms with van der Waals surface area (Å²) >= 11 is 1.34. The number of aliphatic hydroxyl groups is 1. The van der Waals surface area contributed by atoms with Crippen molar-refractivity contribution in [3.05, 3.63) is 35.0 Å². The highest BCUT2D eigenvalue weighted by molar-refractivity contribution is 7.17. The minimum atomic E-state index is -1.01. The molecular formula is C17H20N4O3S. The number of thiazole rings is 1. The van der Waals surface area contributed by atoms with E-state index < -0.39 is 6.10 Å². The number of amides is 2. The Labute approximate surface area is 149 Å². The molecule has 0 spiro atoms. The van der Waals surface area contributed by atoms with Gasteiger partial charge in [0.05, 0.1) is 11.4 Å². The first-order chi connectivity index (χ1) is 12.0. The van der Waals surface area contributed by atoms with Gasteiger partial charge in [-0.3, -0.25) is 14.6 Å². The van der Waals surface area contributed by atoms with E-state index in [1.54, 1.807) is 16.0 Å². The summed E-state index contributed by atoms with van der Waals surface area (Å²) < 4.78 is 0. The average Bonchev–Trinajstić information content (AvgIpc) is 3.03. The van der Waals surface area contributed by atoms with Gasteiger partial charge >= 0.3 is 0 Å². The molecule has 0 radical (unpaired) electrons. The summed E-state index contributed by atoms with van der Waals surface area (Å²) in [5.41, 5.74) is 1.44. The molecule has 1 atom stereocenters. The molecule has 0 bridgehead atoms. The molecule has 0 aliphatic carbocycles. The lowest BCUT2D eigenvalue weighted by molar-refractivity contribution is -0.140. The number of aliphatic hydroxyl groups excluding tert-OH is 1. The lowest BCUT2D eigenvalue weighted by atomic mass is 10.2. The molecule has 0 aromatic carbocycles. The molecule has 0 saturated carbocycles. The number of hydrogen-bond acceptors (Lipinski definition) is 6. The van der Waals surface area contributed by atoms with E-state index in [9.17, 15) is 14.7 Å². The Kier molecular flexibility index (Phi) is 5.10. The van der Waals surface area contributed by atoms with E-state index in [1.165, 1.54) is 18.3 Å². The normalized spacial score (nSPS) is 16.0. The largest absolute Gasteiger partial charge is 0.384 e. The molecule has 0 unspecified atom stereocenters. The van der Waals surface area contributed by atoms with Crippen molar-refractivity contribution in [1.82, 2.24) is 19.8 Å². The molecule has 3 rings (SSSR count). The van der Waals surface area contributed by atoms with Crippen molar-refractivity contribution in [2.75, 3.05) is 26.2 Å². The summed E-state index contributed by atoms with van der Waals surface area (Å²) in [6.45, 7) is 5.05. The van der Waals surface area contributed by atoms with Crippen molar-refractivity contribution in [3.63, 3.8) is 0 Å². The summed E-state index contributed by atoms with van der Waals surface area (Å²) in [7, 11) is 0. The second-order valence-corrected chi connectivity index (χ2v) is 6.94. The number of pyridine rings is 1. The maximum Gasteiger partial charge on any atom is 0.265 e. The Morgan fingerprint density at radius 2 is 1.88 bits per heavy atom. The zero-order chi connectivity index (χ0) is 18.0. The zero-order valence-corrected chi connectivity index (χ0v) is 15.0. The van der Waals surface area contributed by atoms with Gasteiger partial charge in [-0.1, -0.05) is 6.07 Å². The predicted octanol–water partition coefficient (Wildman–Crippen LogP) is 1.18. The highest BCUT2D eigenvalue weighted by Gasteiger charge is 2.28. The van der Waals surface area contributed by atoms with Crippen LogP contribution in [0.5, 0.6) is 0 Å².